The molecule has 2 bridgehead atoms. The van der Waals surface area contributed by atoms with Gasteiger partial charge in [-0.25, -0.2) is 4.79 Å². The second-order valence-electron chi connectivity index (χ2n) is 11.3. The third kappa shape index (κ3) is 4.15. The van der Waals surface area contributed by atoms with Gasteiger partial charge in [0.05, 0.1) is 24.3 Å². The molecule has 3 saturated carbocycles. The number of alkyl carbamates (subject to hydrolysis) is 1. The predicted molar refractivity (Wildman–Crippen MR) is 129 cm³/mol. The Labute approximate surface area is 202 Å². The number of carbonyl (C=O) groups excluding carboxylic acids is 2. The highest BCUT2D eigenvalue weighted by Crippen LogP contribution is 2.64. The molecule has 7 nitrogen and oxygen atoms in total. The van der Waals surface area contributed by atoms with Crippen molar-refractivity contribution < 1.29 is 23.6 Å². The number of rotatable bonds is 7. The summed E-state index contributed by atoms with van der Waals surface area (Å²) in [4.78, 5) is 26.0. The lowest BCUT2D eigenvalue weighted by Gasteiger charge is -2.63. The molecule has 182 valence electrons. The lowest BCUT2D eigenvalue weighted by atomic mass is 9.45. The highest BCUT2D eigenvalue weighted by atomic mass is 16.7. The van der Waals surface area contributed by atoms with Crippen molar-refractivity contribution in [2.24, 2.45) is 23.2 Å². The zero-order chi connectivity index (χ0) is 24.1. The van der Waals surface area contributed by atoms with Crippen LogP contribution in [-0.4, -0.2) is 61.4 Å². The molecule has 3 aliphatic carbocycles. The summed E-state index contributed by atoms with van der Waals surface area (Å²) in [5.74, 6) is 0.831. The number of ether oxygens (including phenoxy) is 1. The van der Waals surface area contributed by atoms with Crippen molar-refractivity contribution in [1.29, 1.82) is 0 Å². The van der Waals surface area contributed by atoms with E-state index in [0.29, 0.717) is 31.3 Å². The van der Waals surface area contributed by atoms with Crippen LogP contribution < -0.4 is 5.32 Å². The van der Waals surface area contributed by atoms with Crippen molar-refractivity contribution in [1.82, 2.24) is 10.2 Å². The minimum Gasteiger partial charge on any atom is -0.449 e. The van der Waals surface area contributed by atoms with Gasteiger partial charge in [-0.05, 0) is 55.1 Å². The topological polar surface area (TPSA) is 77.1 Å². The molecular formula is C26H35BN2O5. The number of benzene rings is 1. The van der Waals surface area contributed by atoms with Crippen molar-refractivity contribution in [2.45, 2.75) is 57.7 Å². The largest absolute Gasteiger partial charge is 0.482 e. The van der Waals surface area contributed by atoms with Gasteiger partial charge >= 0.3 is 13.2 Å². The van der Waals surface area contributed by atoms with E-state index in [4.69, 9.17) is 14.0 Å². The van der Waals surface area contributed by atoms with Gasteiger partial charge in [-0.1, -0.05) is 50.8 Å². The van der Waals surface area contributed by atoms with Crippen LogP contribution in [0.3, 0.4) is 0 Å². The van der Waals surface area contributed by atoms with Gasteiger partial charge in [0.1, 0.15) is 0 Å². The quantitative estimate of drug-likeness (QED) is 0.493. The van der Waals surface area contributed by atoms with E-state index in [1.54, 1.807) is 4.90 Å². The van der Waals surface area contributed by atoms with E-state index in [0.717, 1.165) is 12.0 Å². The summed E-state index contributed by atoms with van der Waals surface area (Å²) in [5.41, 5.74) is 1.05. The molecule has 5 atom stereocenters. The summed E-state index contributed by atoms with van der Waals surface area (Å²) < 4.78 is 18.6. The van der Waals surface area contributed by atoms with E-state index in [-0.39, 0.29) is 41.5 Å². The predicted octanol–water partition coefficient (Wildman–Crippen LogP) is 3.24. The molecule has 2 saturated heterocycles. The lowest BCUT2D eigenvalue weighted by molar-refractivity contribution is -0.185. The maximum absolute atomic E-state index is 12.7. The van der Waals surface area contributed by atoms with Gasteiger partial charge in [0, 0.05) is 19.0 Å². The Balaban J connectivity index is 1.22. The normalized spacial score (nSPS) is 32.1. The smallest absolute Gasteiger partial charge is 0.449 e. The Morgan fingerprint density at radius 2 is 2.03 bits per heavy atom. The molecule has 0 spiro atoms. The molecule has 1 unspecified atom stereocenters. The molecule has 0 radical (unpaired) electrons. The summed E-state index contributed by atoms with van der Waals surface area (Å²) in [5, 5.41) is 3.02. The zero-order valence-electron chi connectivity index (χ0n) is 20.4. The molecule has 1 aromatic rings. The van der Waals surface area contributed by atoms with E-state index in [2.05, 4.69) is 32.7 Å². The van der Waals surface area contributed by atoms with Crippen LogP contribution in [0, 0.1) is 23.2 Å². The van der Waals surface area contributed by atoms with Crippen LogP contribution in [0.5, 0.6) is 0 Å². The minimum absolute atomic E-state index is 0.0388. The van der Waals surface area contributed by atoms with Gasteiger partial charge in [0.2, 0.25) is 5.91 Å². The molecule has 1 aromatic carbocycles. The van der Waals surface area contributed by atoms with Gasteiger partial charge in [0.25, 0.3) is 0 Å². The number of likely N-dealkylation sites (tertiary alicyclic amines) is 1. The molecule has 8 heteroatoms. The fourth-order valence-corrected chi connectivity index (χ4v) is 6.37. The van der Waals surface area contributed by atoms with Gasteiger partial charge in [0.15, 0.2) is 0 Å². The molecule has 2 heterocycles. The van der Waals surface area contributed by atoms with Crippen molar-refractivity contribution in [2.75, 3.05) is 19.7 Å². The molecule has 2 amide bonds. The number of carbonyl (C=O) groups is 2. The second kappa shape index (κ2) is 8.72. The molecule has 0 aromatic heterocycles. The molecule has 34 heavy (non-hydrogen) atoms. The number of hydrogen-bond acceptors (Lipinski definition) is 5. The number of hydrogen-bond donors (Lipinski definition) is 1. The van der Waals surface area contributed by atoms with Crippen LogP contribution in [0.2, 0.25) is 0 Å². The first kappa shape index (κ1) is 23.4. The van der Waals surface area contributed by atoms with E-state index in [1.165, 1.54) is 12.5 Å². The summed E-state index contributed by atoms with van der Waals surface area (Å²) in [6.45, 7) is 11.8. The molecule has 6 rings (SSSR count). The van der Waals surface area contributed by atoms with Crippen molar-refractivity contribution in [3.05, 3.63) is 48.6 Å². The monoisotopic (exact) mass is 466 g/mol. The van der Waals surface area contributed by atoms with Crippen molar-refractivity contribution in [3.8, 4) is 0 Å². The number of nitrogens with one attached hydrogen (secondary N) is 1. The van der Waals surface area contributed by atoms with Crippen LogP contribution in [0.4, 0.5) is 4.79 Å². The summed E-state index contributed by atoms with van der Waals surface area (Å²) in [6, 6.07) is 10.1. The summed E-state index contributed by atoms with van der Waals surface area (Å²) >= 11 is 0. The maximum Gasteiger partial charge on any atom is 0.482 e. The average Bonchev–Trinajstić information content (AvgIpc) is 3.15. The lowest BCUT2D eigenvalue weighted by Crippen LogP contribution is -2.63. The Bertz CT molecular complexity index is 950. The first-order valence-electron chi connectivity index (χ1n) is 12.4. The zero-order valence-corrected chi connectivity index (χ0v) is 20.4. The summed E-state index contributed by atoms with van der Waals surface area (Å²) in [7, 11) is -0.526. The Morgan fingerprint density at radius 1 is 1.29 bits per heavy atom. The Hall–Kier alpha value is -2.32. The highest BCUT2D eigenvalue weighted by Gasteiger charge is 2.67. The molecular weight excluding hydrogens is 431 g/mol. The number of nitrogens with zero attached hydrogens (tertiary/aromatic N) is 1. The average molecular weight is 466 g/mol. The first-order chi connectivity index (χ1) is 16.2. The summed E-state index contributed by atoms with van der Waals surface area (Å²) in [6.07, 6.45) is 3.63. The van der Waals surface area contributed by atoms with Crippen LogP contribution >= 0.6 is 0 Å². The van der Waals surface area contributed by atoms with E-state index in [9.17, 15) is 9.59 Å². The maximum atomic E-state index is 12.7. The van der Waals surface area contributed by atoms with Crippen molar-refractivity contribution in [3.63, 3.8) is 0 Å². The Kier molecular flexibility index (Phi) is 6.01. The van der Waals surface area contributed by atoms with Crippen LogP contribution in [0.15, 0.2) is 43.0 Å². The highest BCUT2D eigenvalue weighted by molar-refractivity contribution is 6.47. The fraction of sp³-hybridized carbons (Fsp3) is 0.615. The van der Waals surface area contributed by atoms with Crippen molar-refractivity contribution >= 4 is 19.1 Å². The third-order valence-corrected chi connectivity index (χ3v) is 8.66. The molecule has 5 aliphatic rings. The van der Waals surface area contributed by atoms with E-state index < -0.39 is 13.2 Å². The Morgan fingerprint density at radius 3 is 2.71 bits per heavy atom. The van der Waals surface area contributed by atoms with Crippen LogP contribution in [-0.2, 0) is 25.3 Å². The fourth-order valence-electron chi connectivity index (χ4n) is 6.37. The van der Waals surface area contributed by atoms with Gasteiger partial charge in [-0.3, -0.25) is 4.79 Å². The molecule has 1 N–H and O–H groups in total. The minimum atomic E-state index is -0.526. The first-order valence-corrected chi connectivity index (χ1v) is 12.4. The van der Waals surface area contributed by atoms with Gasteiger partial charge < -0.3 is 24.3 Å². The van der Waals surface area contributed by atoms with Gasteiger partial charge in [-0.15, -0.1) is 0 Å². The van der Waals surface area contributed by atoms with E-state index >= 15 is 0 Å². The molecule has 2 aliphatic heterocycles. The van der Waals surface area contributed by atoms with Gasteiger partial charge in [-0.2, -0.15) is 0 Å². The number of amides is 2. The SMILES string of the molecule is C=CC(=O)N1CC(COC(=O)N[C@@H](Cc2ccccc2)B2OC3[C@H]4C[C@@H](C[C@@]3(C)O2)C4(C)C)C1. The van der Waals surface area contributed by atoms with E-state index in [1.807, 2.05) is 30.3 Å². The molecule has 5 fully saturated rings. The van der Waals surface area contributed by atoms with Crippen LogP contribution in [0.1, 0.15) is 39.2 Å². The van der Waals surface area contributed by atoms with Crippen LogP contribution in [0.25, 0.3) is 0 Å². The second-order valence-corrected chi connectivity index (χ2v) is 11.3. The third-order valence-electron chi connectivity index (χ3n) is 8.66. The standard InChI is InChI=1S/C26H35BN2O5/c1-5-22(30)29-14-18(15-29)16-32-24(31)28-21(11-17-9-7-6-8-10-17)27-33-23-20-12-19(25(20,2)3)13-26(23,4)34-27/h5-10,18-21,23H,1,11-16H2,2-4H3,(H,28,31)/t19-,20+,21-,23?,26+/m0/s1.